The van der Waals surface area contributed by atoms with Crippen LogP contribution in [0.25, 0.3) is 0 Å². The lowest BCUT2D eigenvalue weighted by Gasteiger charge is -2.15. The molecule has 21 heavy (non-hydrogen) atoms. The second-order valence-electron chi connectivity index (χ2n) is 4.62. The van der Waals surface area contributed by atoms with Crippen molar-refractivity contribution in [2.75, 3.05) is 6.54 Å². The van der Waals surface area contributed by atoms with Gasteiger partial charge in [-0.2, -0.15) is 0 Å². The molecule has 1 N–H and O–H groups in total. The van der Waals surface area contributed by atoms with Crippen LogP contribution in [0.2, 0.25) is 0 Å². The van der Waals surface area contributed by atoms with Crippen LogP contribution in [0.5, 0.6) is 5.75 Å². The quantitative estimate of drug-likeness (QED) is 0.845. The van der Waals surface area contributed by atoms with Crippen LogP contribution in [0.1, 0.15) is 23.4 Å². The summed E-state index contributed by atoms with van der Waals surface area (Å²) in [6.07, 6.45) is -3.70. The molecular weight excluding hydrogens is 299 g/mol. The van der Waals surface area contributed by atoms with E-state index in [4.69, 9.17) is 0 Å². The third-order valence-corrected chi connectivity index (χ3v) is 3.95. The molecule has 1 aromatic heterocycles. The van der Waals surface area contributed by atoms with Gasteiger partial charge >= 0.3 is 6.36 Å². The number of thiophene rings is 1. The molecule has 2 aromatic rings. The van der Waals surface area contributed by atoms with Gasteiger partial charge in [0.25, 0.3) is 0 Å². The highest BCUT2D eigenvalue weighted by atomic mass is 32.1. The number of benzene rings is 1. The molecule has 0 aliphatic carbocycles. The lowest BCUT2D eigenvalue weighted by molar-refractivity contribution is -0.274. The molecule has 2 nitrogen and oxygen atoms in total. The van der Waals surface area contributed by atoms with Crippen LogP contribution in [-0.4, -0.2) is 12.9 Å². The molecule has 1 heterocycles. The molecule has 1 unspecified atom stereocenters. The maximum absolute atomic E-state index is 12.1. The second-order valence-corrected chi connectivity index (χ2v) is 5.65. The fourth-order valence-electron chi connectivity index (χ4n) is 1.94. The molecule has 0 fully saturated rings. The number of hydrogen-bond acceptors (Lipinski definition) is 3. The lowest BCUT2D eigenvalue weighted by Crippen LogP contribution is -2.21. The zero-order chi connectivity index (χ0) is 15.3. The maximum Gasteiger partial charge on any atom is 0.573 e. The molecule has 2 rings (SSSR count). The molecule has 0 aliphatic heterocycles. The van der Waals surface area contributed by atoms with Crippen LogP contribution in [0.4, 0.5) is 13.2 Å². The van der Waals surface area contributed by atoms with Gasteiger partial charge in [0.1, 0.15) is 5.75 Å². The van der Waals surface area contributed by atoms with Gasteiger partial charge < -0.3 is 10.1 Å². The van der Waals surface area contributed by atoms with Crippen LogP contribution in [-0.2, 0) is 6.42 Å². The third-order valence-electron chi connectivity index (χ3n) is 3.02. The Bertz CT molecular complexity index is 537. The predicted molar refractivity (Wildman–Crippen MR) is 77.6 cm³/mol. The molecule has 0 saturated carbocycles. The van der Waals surface area contributed by atoms with Crippen molar-refractivity contribution in [3.63, 3.8) is 0 Å². The molecule has 0 amide bonds. The van der Waals surface area contributed by atoms with Crippen molar-refractivity contribution in [3.05, 3.63) is 52.2 Å². The predicted octanol–water partition coefficient (Wildman–Crippen LogP) is 4.54. The van der Waals surface area contributed by atoms with Crippen molar-refractivity contribution in [1.82, 2.24) is 5.32 Å². The van der Waals surface area contributed by atoms with Crippen LogP contribution in [0.3, 0.4) is 0 Å². The summed E-state index contributed by atoms with van der Waals surface area (Å²) < 4.78 is 40.1. The van der Waals surface area contributed by atoms with Crippen LogP contribution >= 0.6 is 11.3 Å². The number of rotatable bonds is 6. The molecule has 1 aromatic carbocycles. The average Bonchev–Trinajstić information content (AvgIpc) is 2.91. The zero-order valence-electron chi connectivity index (χ0n) is 11.5. The average molecular weight is 315 g/mol. The van der Waals surface area contributed by atoms with E-state index in [-0.39, 0.29) is 11.8 Å². The minimum atomic E-state index is -4.65. The third kappa shape index (κ3) is 5.40. The van der Waals surface area contributed by atoms with Crippen molar-refractivity contribution in [2.45, 2.75) is 25.7 Å². The van der Waals surface area contributed by atoms with Crippen molar-refractivity contribution in [2.24, 2.45) is 0 Å². The molecule has 0 spiro atoms. The number of hydrogen-bond donors (Lipinski definition) is 1. The van der Waals surface area contributed by atoms with Crippen molar-refractivity contribution in [1.29, 1.82) is 0 Å². The van der Waals surface area contributed by atoms with E-state index in [1.165, 1.54) is 17.0 Å². The van der Waals surface area contributed by atoms with Gasteiger partial charge in [-0.3, -0.25) is 0 Å². The summed E-state index contributed by atoms with van der Waals surface area (Å²) in [5, 5.41) is 5.39. The van der Waals surface area contributed by atoms with Crippen LogP contribution < -0.4 is 10.1 Å². The Hall–Kier alpha value is -1.53. The number of alkyl halides is 3. The van der Waals surface area contributed by atoms with E-state index < -0.39 is 6.36 Å². The Labute approximate surface area is 125 Å². The van der Waals surface area contributed by atoms with Crippen molar-refractivity contribution in [3.8, 4) is 5.75 Å². The van der Waals surface area contributed by atoms with Crippen LogP contribution in [0, 0.1) is 0 Å². The van der Waals surface area contributed by atoms with E-state index in [1.807, 2.05) is 18.4 Å². The lowest BCUT2D eigenvalue weighted by atomic mass is 10.1. The Morgan fingerprint density at radius 3 is 2.48 bits per heavy atom. The van der Waals surface area contributed by atoms with Gasteiger partial charge in [-0.05, 0) is 42.5 Å². The van der Waals surface area contributed by atoms with Gasteiger partial charge in [-0.25, -0.2) is 0 Å². The van der Waals surface area contributed by atoms with Gasteiger partial charge in [-0.1, -0.05) is 18.2 Å². The Morgan fingerprint density at radius 2 is 1.90 bits per heavy atom. The van der Waals surface area contributed by atoms with Crippen molar-refractivity contribution >= 4 is 11.3 Å². The monoisotopic (exact) mass is 315 g/mol. The first kappa shape index (κ1) is 15.9. The standard InChI is InChI=1S/C15H16F3NOS/c1-11(19-9-8-14-3-2-10-21-14)12-4-6-13(7-5-12)20-15(16,17)18/h2-7,10-11,19H,8-9H2,1H3. The molecule has 0 bridgehead atoms. The summed E-state index contributed by atoms with van der Waals surface area (Å²) in [5.41, 5.74) is 0.927. The first-order valence-electron chi connectivity index (χ1n) is 6.55. The number of nitrogens with one attached hydrogen (secondary N) is 1. The zero-order valence-corrected chi connectivity index (χ0v) is 12.3. The van der Waals surface area contributed by atoms with E-state index in [2.05, 4.69) is 16.1 Å². The summed E-state index contributed by atoms with van der Waals surface area (Å²) in [6.45, 7) is 2.80. The number of ether oxygens (including phenoxy) is 1. The van der Waals surface area contributed by atoms with E-state index in [0.29, 0.717) is 0 Å². The van der Waals surface area contributed by atoms with Gasteiger partial charge in [0, 0.05) is 17.5 Å². The van der Waals surface area contributed by atoms with E-state index in [0.717, 1.165) is 18.5 Å². The summed E-state index contributed by atoms with van der Waals surface area (Å²) >= 11 is 1.71. The highest BCUT2D eigenvalue weighted by Gasteiger charge is 2.30. The Morgan fingerprint density at radius 1 is 1.19 bits per heavy atom. The van der Waals surface area contributed by atoms with Gasteiger partial charge in [0.05, 0.1) is 0 Å². The summed E-state index contributed by atoms with van der Waals surface area (Å²) in [7, 11) is 0. The first-order chi connectivity index (χ1) is 9.94. The minimum Gasteiger partial charge on any atom is -0.406 e. The fraction of sp³-hybridized carbons (Fsp3) is 0.333. The summed E-state index contributed by atoms with van der Waals surface area (Å²) in [5.74, 6) is -0.197. The van der Waals surface area contributed by atoms with E-state index in [1.54, 1.807) is 23.5 Å². The molecule has 1 atom stereocenters. The smallest absolute Gasteiger partial charge is 0.406 e. The molecule has 114 valence electrons. The highest BCUT2D eigenvalue weighted by Crippen LogP contribution is 2.24. The number of halogens is 3. The largest absolute Gasteiger partial charge is 0.573 e. The fourth-order valence-corrected chi connectivity index (χ4v) is 2.65. The molecule has 0 aliphatic rings. The summed E-state index contributed by atoms with van der Waals surface area (Å²) in [4.78, 5) is 1.31. The Kier molecular flexibility index (Phi) is 5.25. The van der Waals surface area contributed by atoms with Gasteiger partial charge in [0.2, 0.25) is 0 Å². The normalized spacial score (nSPS) is 13.1. The highest BCUT2D eigenvalue weighted by molar-refractivity contribution is 7.09. The molecular formula is C15H16F3NOS. The van der Waals surface area contributed by atoms with E-state index >= 15 is 0 Å². The topological polar surface area (TPSA) is 21.3 Å². The molecule has 6 heteroatoms. The molecule has 0 saturated heterocycles. The minimum absolute atomic E-state index is 0.0740. The van der Waals surface area contributed by atoms with Gasteiger partial charge in [0.15, 0.2) is 0 Å². The summed E-state index contributed by atoms with van der Waals surface area (Å²) in [6, 6.07) is 10.1. The van der Waals surface area contributed by atoms with E-state index in [9.17, 15) is 13.2 Å². The SMILES string of the molecule is CC(NCCc1cccs1)c1ccc(OC(F)(F)F)cc1. The first-order valence-corrected chi connectivity index (χ1v) is 7.43. The van der Waals surface area contributed by atoms with Crippen molar-refractivity contribution < 1.29 is 17.9 Å². The Balaban J connectivity index is 1.83. The maximum atomic E-state index is 12.1. The van der Waals surface area contributed by atoms with Gasteiger partial charge in [-0.15, -0.1) is 24.5 Å². The van der Waals surface area contributed by atoms with Crippen LogP contribution in [0.15, 0.2) is 41.8 Å². The molecule has 0 radical (unpaired) electrons. The second kappa shape index (κ2) is 6.95.